The minimum Gasteiger partial charge on any atom is -0.346 e. The molecule has 0 bridgehead atoms. The number of aromatic nitrogens is 2. The molecule has 1 fully saturated rings. The fraction of sp³-hybridized carbons (Fsp3) is 0.200. The number of H-pyrrole nitrogens is 1. The summed E-state index contributed by atoms with van der Waals surface area (Å²) in [6.07, 6.45) is 0.250. The van der Waals surface area contributed by atoms with Crippen molar-refractivity contribution in [2.75, 3.05) is 6.54 Å². The van der Waals surface area contributed by atoms with Gasteiger partial charge < -0.3 is 10.2 Å². The highest BCUT2D eigenvalue weighted by Crippen LogP contribution is 2.17. The third kappa shape index (κ3) is 3.44. The fourth-order valence-corrected chi connectivity index (χ4v) is 3.37. The van der Waals surface area contributed by atoms with Gasteiger partial charge in [0.1, 0.15) is 0 Å². The lowest BCUT2D eigenvalue weighted by molar-refractivity contribution is -0.128. The summed E-state index contributed by atoms with van der Waals surface area (Å²) in [7, 11) is 0. The summed E-state index contributed by atoms with van der Waals surface area (Å²) < 4.78 is 0. The number of nitrogens with one attached hydrogen (secondary N) is 2. The Morgan fingerprint density at radius 3 is 2.56 bits per heavy atom. The van der Waals surface area contributed by atoms with Crippen molar-refractivity contribution in [3.05, 3.63) is 76.2 Å². The van der Waals surface area contributed by atoms with Gasteiger partial charge in [-0.25, -0.2) is 5.10 Å². The van der Waals surface area contributed by atoms with Crippen LogP contribution in [-0.4, -0.2) is 39.5 Å². The van der Waals surface area contributed by atoms with Gasteiger partial charge in [-0.1, -0.05) is 48.5 Å². The van der Waals surface area contributed by atoms with Crippen LogP contribution < -0.4 is 10.9 Å². The monoisotopic (exact) mass is 362 g/mol. The lowest BCUT2D eigenvalue weighted by Gasteiger charge is -2.17. The molecule has 1 aliphatic rings. The van der Waals surface area contributed by atoms with E-state index in [9.17, 15) is 14.4 Å². The van der Waals surface area contributed by atoms with Gasteiger partial charge in [0.05, 0.1) is 11.4 Å². The Balaban J connectivity index is 1.49. The van der Waals surface area contributed by atoms with Crippen LogP contribution in [0, 0.1) is 0 Å². The summed E-state index contributed by atoms with van der Waals surface area (Å²) in [6.45, 7) is 0.965. The van der Waals surface area contributed by atoms with Crippen LogP contribution >= 0.6 is 0 Å². The molecule has 2 amide bonds. The summed E-state index contributed by atoms with van der Waals surface area (Å²) in [5, 5.41) is 10.0. The minimum absolute atomic E-state index is 0.00318. The summed E-state index contributed by atoms with van der Waals surface area (Å²) in [5.74, 6) is -0.398. The van der Waals surface area contributed by atoms with Gasteiger partial charge in [0, 0.05) is 24.9 Å². The van der Waals surface area contributed by atoms with Gasteiger partial charge in [-0.2, -0.15) is 5.10 Å². The van der Waals surface area contributed by atoms with E-state index < -0.39 is 5.91 Å². The zero-order valence-corrected chi connectivity index (χ0v) is 14.5. The number of fused-ring (bicyclic) bond motifs is 1. The smallest absolute Gasteiger partial charge is 0.272 e. The number of carbonyl (C=O) groups excluding carboxylic acids is 2. The number of aromatic amines is 1. The van der Waals surface area contributed by atoms with Gasteiger partial charge in [-0.15, -0.1) is 0 Å². The van der Waals surface area contributed by atoms with E-state index in [1.807, 2.05) is 30.3 Å². The lowest BCUT2D eigenvalue weighted by Crippen LogP contribution is -2.38. The van der Waals surface area contributed by atoms with Crippen LogP contribution in [0.25, 0.3) is 10.8 Å². The van der Waals surface area contributed by atoms with E-state index in [-0.39, 0.29) is 29.6 Å². The van der Waals surface area contributed by atoms with Crippen molar-refractivity contribution < 1.29 is 9.59 Å². The van der Waals surface area contributed by atoms with Gasteiger partial charge in [0.25, 0.3) is 11.5 Å². The number of nitrogens with zero attached hydrogens (tertiary/aromatic N) is 2. The molecule has 2 N–H and O–H groups in total. The summed E-state index contributed by atoms with van der Waals surface area (Å²) >= 11 is 0. The standard InChI is InChI=1S/C20H18N4O3/c25-17-10-14(12-24(17)11-13-6-2-1-3-7-13)21-20(27)18-15-8-4-5-9-16(15)19(26)23-22-18/h1-9,14H,10-12H2,(H,21,27)(H,23,26). The molecule has 1 atom stereocenters. The Morgan fingerprint density at radius 2 is 1.78 bits per heavy atom. The topological polar surface area (TPSA) is 95.2 Å². The van der Waals surface area contributed by atoms with Crippen LogP contribution in [0.15, 0.2) is 59.4 Å². The van der Waals surface area contributed by atoms with E-state index >= 15 is 0 Å². The molecule has 2 aromatic carbocycles. The lowest BCUT2D eigenvalue weighted by atomic mass is 10.1. The van der Waals surface area contributed by atoms with Crippen LogP contribution in [-0.2, 0) is 11.3 Å². The number of hydrogen-bond donors (Lipinski definition) is 2. The molecule has 1 aliphatic heterocycles. The van der Waals surface area contributed by atoms with Crippen LogP contribution in [0.2, 0.25) is 0 Å². The van der Waals surface area contributed by atoms with E-state index in [4.69, 9.17) is 0 Å². The van der Waals surface area contributed by atoms with E-state index in [1.165, 1.54) is 0 Å². The van der Waals surface area contributed by atoms with E-state index in [2.05, 4.69) is 15.5 Å². The van der Waals surface area contributed by atoms with Crippen molar-refractivity contribution in [2.45, 2.75) is 19.0 Å². The average Bonchev–Trinajstić information content (AvgIpc) is 3.02. The molecule has 27 heavy (non-hydrogen) atoms. The second kappa shape index (κ2) is 7.03. The van der Waals surface area contributed by atoms with Crippen molar-refractivity contribution in [3.8, 4) is 0 Å². The van der Waals surface area contributed by atoms with Crippen LogP contribution in [0.4, 0.5) is 0 Å². The van der Waals surface area contributed by atoms with Crippen LogP contribution in [0.1, 0.15) is 22.5 Å². The summed E-state index contributed by atoms with van der Waals surface area (Å²) in [5.41, 5.74) is 0.859. The molecule has 2 heterocycles. The first-order chi connectivity index (χ1) is 13.1. The van der Waals surface area contributed by atoms with Gasteiger partial charge in [-0.3, -0.25) is 14.4 Å². The molecule has 7 nitrogen and oxygen atoms in total. The number of rotatable bonds is 4. The number of amides is 2. The highest BCUT2D eigenvalue weighted by molar-refractivity contribution is 6.05. The second-order valence-electron chi connectivity index (χ2n) is 6.58. The molecule has 0 aliphatic carbocycles. The highest BCUT2D eigenvalue weighted by Gasteiger charge is 2.31. The summed E-state index contributed by atoms with van der Waals surface area (Å²) in [4.78, 5) is 38.5. The molecule has 7 heteroatoms. The third-order valence-corrected chi connectivity index (χ3v) is 4.68. The third-order valence-electron chi connectivity index (χ3n) is 4.68. The predicted octanol–water partition coefficient (Wildman–Crippen LogP) is 1.45. The van der Waals surface area contributed by atoms with Crippen LogP contribution in [0.5, 0.6) is 0 Å². The molecule has 0 saturated carbocycles. The van der Waals surface area contributed by atoms with Crippen molar-refractivity contribution in [3.63, 3.8) is 0 Å². The molecular formula is C20H18N4O3. The van der Waals surface area contributed by atoms with Crippen molar-refractivity contribution in [1.29, 1.82) is 0 Å². The fourth-order valence-electron chi connectivity index (χ4n) is 3.37. The maximum absolute atomic E-state index is 12.7. The summed E-state index contributed by atoms with van der Waals surface area (Å²) in [6, 6.07) is 16.3. The average molecular weight is 362 g/mol. The molecule has 136 valence electrons. The van der Waals surface area contributed by atoms with Crippen molar-refractivity contribution >= 4 is 22.6 Å². The molecule has 3 aromatic rings. The molecule has 1 saturated heterocycles. The number of likely N-dealkylation sites (tertiary alicyclic amines) is 1. The van der Waals surface area contributed by atoms with Crippen molar-refractivity contribution in [1.82, 2.24) is 20.4 Å². The van der Waals surface area contributed by atoms with Gasteiger partial charge in [-0.05, 0) is 11.6 Å². The number of carbonyl (C=O) groups is 2. The second-order valence-corrected chi connectivity index (χ2v) is 6.58. The Bertz CT molecular complexity index is 1060. The first-order valence-electron chi connectivity index (χ1n) is 8.72. The van der Waals surface area contributed by atoms with E-state index in [0.717, 1.165) is 5.56 Å². The van der Waals surface area contributed by atoms with Crippen LogP contribution in [0.3, 0.4) is 0 Å². The Morgan fingerprint density at radius 1 is 1.07 bits per heavy atom. The molecule has 0 radical (unpaired) electrons. The van der Waals surface area contributed by atoms with Gasteiger partial charge in [0.2, 0.25) is 5.91 Å². The first-order valence-corrected chi connectivity index (χ1v) is 8.72. The molecule has 1 aromatic heterocycles. The first kappa shape index (κ1) is 17.0. The largest absolute Gasteiger partial charge is 0.346 e. The zero-order chi connectivity index (χ0) is 18.8. The number of hydrogen-bond acceptors (Lipinski definition) is 4. The molecular weight excluding hydrogens is 344 g/mol. The van der Waals surface area contributed by atoms with Crippen molar-refractivity contribution in [2.24, 2.45) is 0 Å². The predicted molar refractivity (Wildman–Crippen MR) is 100 cm³/mol. The Hall–Kier alpha value is -3.48. The molecule has 4 rings (SSSR count). The zero-order valence-electron chi connectivity index (χ0n) is 14.5. The molecule has 0 spiro atoms. The highest BCUT2D eigenvalue weighted by atomic mass is 16.2. The van der Waals surface area contributed by atoms with E-state index in [1.54, 1.807) is 29.2 Å². The van der Waals surface area contributed by atoms with E-state index in [0.29, 0.717) is 23.9 Å². The maximum Gasteiger partial charge on any atom is 0.272 e. The number of benzene rings is 2. The van der Waals surface area contributed by atoms with Gasteiger partial charge >= 0.3 is 0 Å². The Labute approximate surface area is 155 Å². The Kier molecular flexibility index (Phi) is 4.42. The SMILES string of the molecule is O=C(NC1CC(=O)N(Cc2ccccc2)C1)c1n[nH]c(=O)c2ccccc12. The minimum atomic E-state index is -0.401. The quantitative estimate of drug-likeness (QED) is 0.734. The van der Waals surface area contributed by atoms with Gasteiger partial charge in [0.15, 0.2) is 5.69 Å². The molecule has 1 unspecified atom stereocenters. The maximum atomic E-state index is 12.7. The normalized spacial score (nSPS) is 16.7.